The number of hydrogen-bond donors (Lipinski definition) is 1. The molecule has 96 valence electrons. The van der Waals surface area contributed by atoms with Crippen LogP contribution in [0.3, 0.4) is 0 Å². The Hall–Kier alpha value is -1.41. The van der Waals surface area contributed by atoms with E-state index in [4.69, 9.17) is 0 Å². The van der Waals surface area contributed by atoms with Crippen LogP contribution in [0, 0.1) is 3.57 Å². The Morgan fingerprint density at radius 2 is 1.68 bits per heavy atom. The fraction of sp³-hybridized carbons (Fsp3) is 0. The number of amidine groups is 1. The summed E-state index contributed by atoms with van der Waals surface area (Å²) in [5.41, 5.74) is 1.42. The predicted octanol–water partition coefficient (Wildman–Crippen LogP) is 2.85. The molecular weight excluding hydrogens is 375 g/mol. The van der Waals surface area contributed by atoms with E-state index in [0.717, 1.165) is 9.26 Å². The Kier molecular flexibility index (Phi) is 3.06. The normalized spacial score (nSPS) is 15.7. The van der Waals surface area contributed by atoms with Crippen LogP contribution >= 0.6 is 22.6 Å². The van der Waals surface area contributed by atoms with Crippen molar-refractivity contribution in [2.75, 3.05) is 5.32 Å². The van der Waals surface area contributed by atoms with Gasteiger partial charge in [-0.05, 0) is 59.0 Å². The van der Waals surface area contributed by atoms with Crippen molar-refractivity contribution in [2.24, 2.45) is 4.40 Å². The summed E-state index contributed by atoms with van der Waals surface area (Å²) in [6.07, 6.45) is 0. The number of anilines is 1. The van der Waals surface area contributed by atoms with Crippen molar-refractivity contribution in [2.45, 2.75) is 4.90 Å². The van der Waals surface area contributed by atoms with Crippen molar-refractivity contribution >= 4 is 44.1 Å². The Morgan fingerprint density at radius 1 is 1.00 bits per heavy atom. The number of hydrogen-bond acceptors (Lipinski definition) is 3. The lowest BCUT2D eigenvalue weighted by Crippen LogP contribution is -2.11. The first-order valence-corrected chi connectivity index (χ1v) is 8.05. The predicted molar refractivity (Wildman–Crippen MR) is 82.9 cm³/mol. The van der Waals surface area contributed by atoms with Crippen molar-refractivity contribution < 1.29 is 8.42 Å². The summed E-state index contributed by atoms with van der Waals surface area (Å²) >= 11 is 2.21. The quantitative estimate of drug-likeness (QED) is 0.770. The number of nitrogens with one attached hydrogen (secondary N) is 1. The maximum atomic E-state index is 11.9. The van der Waals surface area contributed by atoms with Gasteiger partial charge in [-0.3, -0.25) is 0 Å². The van der Waals surface area contributed by atoms with E-state index in [2.05, 4.69) is 32.3 Å². The summed E-state index contributed by atoms with van der Waals surface area (Å²) in [6, 6.07) is 14.5. The second kappa shape index (κ2) is 4.61. The minimum Gasteiger partial charge on any atom is -0.339 e. The molecule has 0 bridgehead atoms. The van der Waals surface area contributed by atoms with E-state index in [1.807, 2.05) is 24.3 Å². The summed E-state index contributed by atoms with van der Waals surface area (Å²) in [5.74, 6) is 0.372. The molecule has 1 N–H and O–H groups in total. The highest BCUT2D eigenvalue weighted by Gasteiger charge is 2.28. The van der Waals surface area contributed by atoms with Gasteiger partial charge < -0.3 is 5.32 Å². The average molecular weight is 384 g/mol. The van der Waals surface area contributed by atoms with Crippen LogP contribution < -0.4 is 5.32 Å². The minimum atomic E-state index is -3.56. The highest BCUT2D eigenvalue weighted by molar-refractivity contribution is 14.1. The highest BCUT2D eigenvalue weighted by Crippen LogP contribution is 2.26. The number of benzene rings is 2. The van der Waals surface area contributed by atoms with Gasteiger partial charge in [0, 0.05) is 14.8 Å². The molecule has 1 heterocycles. The molecule has 0 unspecified atom stereocenters. The van der Waals surface area contributed by atoms with Gasteiger partial charge in [-0.25, -0.2) is 0 Å². The fourth-order valence-corrected chi connectivity index (χ4v) is 3.40. The Labute approximate surface area is 124 Å². The van der Waals surface area contributed by atoms with Gasteiger partial charge in [0.1, 0.15) is 4.90 Å². The molecule has 6 heteroatoms. The molecule has 3 rings (SSSR count). The van der Waals surface area contributed by atoms with Gasteiger partial charge in [-0.2, -0.15) is 8.42 Å². The Morgan fingerprint density at radius 3 is 2.42 bits per heavy atom. The van der Waals surface area contributed by atoms with Crippen LogP contribution in [0.1, 0.15) is 5.56 Å². The molecule has 0 atom stereocenters. The minimum absolute atomic E-state index is 0.253. The van der Waals surface area contributed by atoms with Crippen molar-refractivity contribution in [3.8, 4) is 0 Å². The van der Waals surface area contributed by atoms with Crippen molar-refractivity contribution in [3.63, 3.8) is 0 Å². The lowest BCUT2D eigenvalue weighted by atomic mass is 10.2. The standard InChI is InChI=1S/C13H9IN2O2S/c14-9-5-7-10(8-6-9)15-13-11-3-1-2-4-12(11)19(17,18)16-13/h1-8H,(H,15,16). The maximum Gasteiger partial charge on any atom is 0.285 e. The van der Waals surface area contributed by atoms with Crippen LogP contribution in [0.2, 0.25) is 0 Å². The first-order chi connectivity index (χ1) is 9.06. The van der Waals surface area contributed by atoms with E-state index in [0.29, 0.717) is 11.4 Å². The van der Waals surface area contributed by atoms with E-state index >= 15 is 0 Å². The number of nitrogens with zero attached hydrogens (tertiary/aromatic N) is 1. The van der Waals surface area contributed by atoms with Crippen LogP contribution in [0.5, 0.6) is 0 Å². The lowest BCUT2D eigenvalue weighted by Gasteiger charge is -2.06. The van der Waals surface area contributed by atoms with Gasteiger partial charge in [0.25, 0.3) is 10.0 Å². The second-order valence-electron chi connectivity index (χ2n) is 4.04. The van der Waals surface area contributed by atoms with Crippen LogP contribution in [0.15, 0.2) is 57.8 Å². The van der Waals surface area contributed by atoms with Gasteiger partial charge in [0.05, 0.1) is 0 Å². The summed E-state index contributed by atoms with van der Waals surface area (Å²) < 4.78 is 28.7. The van der Waals surface area contributed by atoms with Crippen molar-refractivity contribution in [1.29, 1.82) is 0 Å². The molecule has 1 aliphatic rings. The van der Waals surface area contributed by atoms with Crippen LogP contribution in [0.4, 0.5) is 5.69 Å². The molecular formula is C13H9IN2O2S. The third-order valence-corrected chi connectivity index (χ3v) is 4.79. The van der Waals surface area contributed by atoms with E-state index in [1.165, 1.54) is 0 Å². The molecule has 2 aromatic rings. The zero-order valence-corrected chi connectivity index (χ0v) is 12.6. The summed E-state index contributed by atoms with van der Waals surface area (Å²) in [4.78, 5) is 0.253. The van der Waals surface area contributed by atoms with E-state index < -0.39 is 10.0 Å². The number of rotatable bonds is 1. The number of halogens is 1. The molecule has 0 fully saturated rings. The molecule has 0 aromatic heterocycles. The largest absolute Gasteiger partial charge is 0.339 e. The monoisotopic (exact) mass is 384 g/mol. The molecule has 0 saturated heterocycles. The van der Waals surface area contributed by atoms with Crippen LogP contribution in [-0.2, 0) is 10.0 Å². The molecule has 2 aromatic carbocycles. The van der Waals surface area contributed by atoms with E-state index in [-0.39, 0.29) is 4.90 Å². The number of fused-ring (bicyclic) bond motifs is 1. The Balaban J connectivity index is 2.01. The van der Waals surface area contributed by atoms with Crippen LogP contribution in [0.25, 0.3) is 0 Å². The first-order valence-electron chi connectivity index (χ1n) is 5.53. The molecule has 0 aliphatic carbocycles. The molecule has 0 radical (unpaired) electrons. The van der Waals surface area contributed by atoms with Gasteiger partial charge in [-0.1, -0.05) is 12.1 Å². The average Bonchev–Trinajstić information content (AvgIpc) is 2.65. The van der Waals surface area contributed by atoms with Crippen molar-refractivity contribution in [3.05, 3.63) is 57.7 Å². The summed E-state index contributed by atoms with van der Waals surface area (Å²) in [6.45, 7) is 0. The summed E-state index contributed by atoms with van der Waals surface area (Å²) in [7, 11) is -3.56. The molecule has 0 saturated carbocycles. The zero-order chi connectivity index (χ0) is 13.5. The SMILES string of the molecule is O=S1(=O)N=C(Nc2ccc(I)cc2)c2ccccc21. The maximum absolute atomic E-state index is 11.9. The molecule has 19 heavy (non-hydrogen) atoms. The van der Waals surface area contributed by atoms with Gasteiger partial charge in [0.2, 0.25) is 0 Å². The molecule has 1 aliphatic heterocycles. The third-order valence-electron chi connectivity index (χ3n) is 2.74. The zero-order valence-electron chi connectivity index (χ0n) is 9.67. The fourth-order valence-electron chi connectivity index (χ4n) is 1.87. The highest BCUT2D eigenvalue weighted by atomic mass is 127. The second-order valence-corrected chi connectivity index (χ2v) is 6.86. The topological polar surface area (TPSA) is 58.5 Å². The molecule has 0 amide bonds. The first kappa shape index (κ1) is 12.6. The van der Waals surface area contributed by atoms with Crippen LogP contribution in [-0.4, -0.2) is 14.3 Å². The third kappa shape index (κ3) is 2.37. The Bertz CT molecular complexity index is 767. The lowest BCUT2D eigenvalue weighted by molar-refractivity contribution is 0.599. The number of sulfonamides is 1. The molecule has 4 nitrogen and oxygen atoms in total. The van der Waals surface area contributed by atoms with Crippen molar-refractivity contribution in [1.82, 2.24) is 0 Å². The summed E-state index contributed by atoms with van der Waals surface area (Å²) in [5, 5.41) is 3.05. The molecule has 0 spiro atoms. The van der Waals surface area contributed by atoms with E-state index in [1.54, 1.807) is 24.3 Å². The smallest absolute Gasteiger partial charge is 0.285 e. The van der Waals surface area contributed by atoms with E-state index in [9.17, 15) is 8.42 Å². The van der Waals surface area contributed by atoms with Gasteiger partial charge >= 0.3 is 0 Å². The van der Waals surface area contributed by atoms with Gasteiger partial charge in [0.15, 0.2) is 5.84 Å². The van der Waals surface area contributed by atoms with Gasteiger partial charge in [-0.15, -0.1) is 4.40 Å².